The maximum Gasteiger partial charge on any atom is 0.326 e. The lowest BCUT2D eigenvalue weighted by Crippen LogP contribution is -2.61. The largest absolute Gasteiger partial charge is 0.481 e. The molecule has 16 N–H and O–H groups in total. The summed E-state index contributed by atoms with van der Waals surface area (Å²) in [6.45, 7) is 13.6. The Balaban J connectivity index is 3.42. The monoisotopic (exact) mass is 1010 g/mol. The van der Waals surface area contributed by atoms with Crippen molar-refractivity contribution >= 4 is 77.8 Å². The van der Waals surface area contributed by atoms with E-state index in [9.17, 15) is 63.3 Å². The van der Waals surface area contributed by atoms with E-state index in [1.165, 1.54) is 13.8 Å². The van der Waals surface area contributed by atoms with Gasteiger partial charge in [-0.15, -0.1) is 0 Å². The van der Waals surface area contributed by atoms with Crippen LogP contribution >= 0.6 is 12.6 Å². The number of carboxylic acid groups (broad SMARTS) is 2. The number of carbonyl (C=O) groups excluding carboxylic acids is 8. The predicted octanol–water partition coefficient (Wildman–Crippen LogP) is -3.05. The van der Waals surface area contributed by atoms with Crippen molar-refractivity contribution in [1.29, 1.82) is 0 Å². The van der Waals surface area contributed by atoms with Crippen LogP contribution in [0.4, 0.5) is 0 Å². The molecule has 1 rings (SSSR count). The van der Waals surface area contributed by atoms with E-state index in [0.29, 0.717) is 19.4 Å². The summed E-state index contributed by atoms with van der Waals surface area (Å²) in [7, 11) is 0. The highest BCUT2D eigenvalue weighted by Gasteiger charge is 2.37. The summed E-state index contributed by atoms with van der Waals surface area (Å²) in [5.41, 5.74) is 10.9. The van der Waals surface area contributed by atoms with Crippen molar-refractivity contribution in [3.05, 3.63) is 0 Å². The molecule has 0 aromatic heterocycles. The van der Waals surface area contributed by atoms with E-state index < -0.39 is 138 Å². The van der Waals surface area contributed by atoms with Crippen molar-refractivity contribution < 1.29 is 63.3 Å². The number of aliphatic hydroxyl groups excluding tert-OH is 1. The van der Waals surface area contributed by atoms with Crippen LogP contribution in [-0.2, 0) is 47.9 Å². The number of nitrogens with two attached hydrogens (primary N) is 2. The van der Waals surface area contributed by atoms with E-state index in [2.05, 4.69) is 65.5 Å². The second-order valence-electron chi connectivity index (χ2n) is 18.6. The van der Waals surface area contributed by atoms with Crippen molar-refractivity contribution in [2.24, 2.45) is 40.1 Å². The van der Waals surface area contributed by atoms with Gasteiger partial charge in [0, 0.05) is 12.3 Å². The van der Waals surface area contributed by atoms with Gasteiger partial charge < -0.3 is 74.6 Å². The molecule has 25 nitrogen and oxygen atoms in total. The number of aliphatic imine (C=N–C) groups is 1. The predicted molar refractivity (Wildman–Crippen MR) is 260 cm³/mol. The molecule has 398 valence electrons. The second kappa shape index (κ2) is 31.5. The quantitative estimate of drug-likeness (QED) is 0.0138. The molecule has 1 saturated heterocycles. The molecule has 1 aliphatic rings. The minimum absolute atomic E-state index is 0.00341. The normalized spacial score (nSPS) is 17.2. The summed E-state index contributed by atoms with van der Waals surface area (Å²) < 4.78 is 0. The summed E-state index contributed by atoms with van der Waals surface area (Å²) in [6.07, 6.45) is 1.08. The van der Waals surface area contributed by atoms with Crippen molar-refractivity contribution in [1.82, 2.24) is 47.9 Å². The third-order valence-corrected chi connectivity index (χ3v) is 11.7. The third-order valence-electron chi connectivity index (χ3n) is 11.3. The zero-order chi connectivity index (χ0) is 53.4. The lowest BCUT2D eigenvalue weighted by atomic mass is 9.95. The Bertz CT molecular complexity index is 1830. The number of carbonyl (C=O) groups is 10. The van der Waals surface area contributed by atoms with Gasteiger partial charge in [0.15, 0.2) is 5.96 Å². The van der Waals surface area contributed by atoms with E-state index in [-0.39, 0.29) is 55.9 Å². The summed E-state index contributed by atoms with van der Waals surface area (Å²) in [5, 5.41) is 52.0. The zero-order valence-electron chi connectivity index (χ0n) is 41.5. The van der Waals surface area contributed by atoms with Crippen LogP contribution in [0, 0.1) is 23.7 Å². The van der Waals surface area contributed by atoms with Crippen LogP contribution in [-0.4, -0.2) is 160 Å². The van der Waals surface area contributed by atoms with Gasteiger partial charge in [-0.3, -0.25) is 48.1 Å². The SMILES string of the molecule is CC[C@H](C)[C@H](NC(=O)[C@H](CC(C)C)NC(=O)[C@@H]1CCCN1)C(=O)N[C@@H](CC(C)C)C(=O)N[C@@H](CCCN=C(N)N)C(=O)N[C@@H](CC(=O)O)C(=O)N[C@@H](CS)C(=O)N[C@@H](CO)C(=O)N[C@H](C(=O)O)C(C)C. The van der Waals surface area contributed by atoms with E-state index in [0.717, 1.165) is 6.42 Å². The number of nitrogens with zero attached hydrogens (tertiary/aromatic N) is 1. The standard InChI is InChI=1S/C44H78N12O13S/c1-9-24(8)34(56-39(64)28(17-22(4)5)50-35(60)25-12-10-14-47-25)42(67)52-27(16-21(2)3)37(62)49-26(13-11-15-48-44(45)46)36(61)51-29(18-32(58)59)38(63)54-31(20-70)41(66)53-30(19-57)40(65)55-33(23(6)7)43(68)69/h21-31,33-34,47,57,70H,9-20H2,1-8H3,(H,49,62)(H,50,60)(H,51,61)(H,52,67)(H,53,66)(H,54,63)(H,55,65)(H,56,64)(H,58,59)(H,68,69)(H4,45,46,48)/t24-,25-,26-,27-,28-,29-,30-,31-,33-,34-/m0/s1. The lowest BCUT2D eigenvalue weighted by Gasteiger charge is -2.30. The average Bonchev–Trinajstić information content (AvgIpc) is 3.83. The molecule has 0 aromatic carbocycles. The molecule has 0 aromatic rings. The number of rotatable bonds is 32. The first-order chi connectivity index (χ1) is 32.8. The maximum atomic E-state index is 14.2. The first kappa shape index (κ1) is 62.3. The zero-order valence-corrected chi connectivity index (χ0v) is 42.4. The van der Waals surface area contributed by atoms with Gasteiger partial charge in [0.1, 0.15) is 48.3 Å². The molecule has 26 heteroatoms. The molecule has 8 amide bonds. The number of carboxylic acids is 2. The molecule has 1 aliphatic heterocycles. The van der Waals surface area contributed by atoms with Crippen LogP contribution in [0.1, 0.15) is 107 Å². The first-order valence-corrected chi connectivity index (χ1v) is 24.3. The van der Waals surface area contributed by atoms with Gasteiger partial charge in [-0.25, -0.2) is 4.79 Å². The number of amides is 8. The molecule has 0 radical (unpaired) electrons. The minimum Gasteiger partial charge on any atom is -0.481 e. The number of aliphatic hydroxyl groups is 1. The smallest absolute Gasteiger partial charge is 0.326 e. The summed E-state index contributed by atoms with van der Waals surface area (Å²) in [4.78, 5) is 136. The number of nitrogens with one attached hydrogen (secondary N) is 9. The van der Waals surface area contributed by atoms with Crippen molar-refractivity contribution in [3.8, 4) is 0 Å². The molecular weight excluding hydrogens is 937 g/mol. The number of hydrogen-bond acceptors (Lipinski definition) is 14. The number of hydrogen-bond donors (Lipinski definition) is 15. The minimum atomic E-state index is -1.87. The first-order valence-electron chi connectivity index (χ1n) is 23.6. The third kappa shape index (κ3) is 22.3. The van der Waals surface area contributed by atoms with E-state index in [1.54, 1.807) is 20.8 Å². The molecule has 0 bridgehead atoms. The molecular formula is C44H78N12O13S. The van der Waals surface area contributed by atoms with Crippen LogP contribution in [0.3, 0.4) is 0 Å². The number of thiol groups is 1. The fourth-order valence-electron chi connectivity index (χ4n) is 7.20. The molecule has 0 spiro atoms. The fourth-order valence-corrected chi connectivity index (χ4v) is 7.46. The van der Waals surface area contributed by atoms with Crippen LogP contribution in [0.25, 0.3) is 0 Å². The number of guanidine groups is 1. The van der Waals surface area contributed by atoms with Crippen molar-refractivity contribution in [2.45, 2.75) is 161 Å². The lowest BCUT2D eigenvalue weighted by molar-refractivity contribution is -0.143. The summed E-state index contributed by atoms with van der Waals surface area (Å²) in [6, 6.07) is -11.8. The Hall–Kier alpha value is -5.76. The van der Waals surface area contributed by atoms with E-state index in [1.807, 2.05) is 20.8 Å². The van der Waals surface area contributed by atoms with Gasteiger partial charge in [-0.05, 0) is 68.7 Å². The van der Waals surface area contributed by atoms with E-state index >= 15 is 0 Å². The molecule has 1 fully saturated rings. The maximum absolute atomic E-state index is 14.2. The van der Waals surface area contributed by atoms with Gasteiger partial charge >= 0.3 is 11.9 Å². The van der Waals surface area contributed by atoms with Crippen molar-refractivity contribution in [2.75, 3.05) is 25.4 Å². The van der Waals surface area contributed by atoms with Gasteiger partial charge in [0.05, 0.1) is 19.1 Å². The highest BCUT2D eigenvalue weighted by molar-refractivity contribution is 7.80. The topological polar surface area (TPSA) is 404 Å². The van der Waals surface area contributed by atoms with Gasteiger partial charge in [-0.2, -0.15) is 12.6 Å². The molecule has 0 unspecified atom stereocenters. The molecule has 1 heterocycles. The van der Waals surface area contributed by atoms with Crippen LogP contribution in [0.2, 0.25) is 0 Å². The molecule has 0 aliphatic carbocycles. The Kier molecular flexibility index (Phi) is 28.0. The van der Waals surface area contributed by atoms with Crippen LogP contribution < -0.4 is 59.3 Å². The van der Waals surface area contributed by atoms with Crippen LogP contribution in [0.15, 0.2) is 4.99 Å². The van der Waals surface area contributed by atoms with Crippen LogP contribution in [0.5, 0.6) is 0 Å². The van der Waals surface area contributed by atoms with Gasteiger partial charge in [-0.1, -0.05) is 61.8 Å². The average molecular weight is 1020 g/mol. The van der Waals surface area contributed by atoms with E-state index in [4.69, 9.17) is 11.5 Å². The van der Waals surface area contributed by atoms with Gasteiger partial charge in [0.2, 0.25) is 47.3 Å². The Morgan fingerprint density at radius 3 is 1.60 bits per heavy atom. The molecule has 0 saturated carbocycles. The summed E-state index contributed by atoms with van der Waals surface area (Å²) in [5.74, 6) is -11.7. The second-order valence-corrected chi connectivity index (χ2v) is 19.0. The highest BCUT2D eigenvalue weighted by Crippen LogP contribution is 2.15. The highest BCUT2D eigenvalue weighted by atomic mass is 32.1. The molecule has 70 heavy (non-hydrogen) atoms. The Morgan fingerprint density at radius 2 is 1.11 bits per heavy atom. The fraction of sp³-hybridized carbons (Fsp3) is 0.750. The Morgan fingerprint density at radius 1 is 0.643 bits per heavy atom. The van der Waals surface area contributed by atoms with Gasteiger partial charge in [0.25, 0.3) is 0 Å². The number of aliphatic carboxylic acids is 2. The van der Waals surface area contributed by atoms with Crippen molar-refractivity contribution in [3.63, 3.8) is 0 Å². The Labute approximate surface area is 414 Å². The summed E-state index contributed by atoms with van der Waals surface area (Å²) >= 11 is 4.08. The molecule has 10 atom stereocenters.